The molecule has 0 aliphatic carbocycles. The van der Waals surface area contributed by atoms with Gasteiger partial charge in [0.15, 0.2) is 0 Å². The van der Waals surface area contributed by atoms with Crippen molar-refractivity contribution in [2.45, 2.75) is 61.8 Å². The Kier molecular flexibility index (Phi) is 3.41. The van der Waals surface area contributed by atoms with Gasteiger partial charge in [-0.3, -0.25) is 0 Å². The van der Waals surface area contributed by atoms with Gasteiger partial charge in [0.25, 0.3) is 0 Å². The molecular formula is C20H26N2O3. The quantitative estimate of drug-likeness (QED) is 0.867. The first-order chi connectivity index (χ1) is 12.1. The van der Waals surface area contributed by atoms with Gasteiger partial charge in [-0.2, -0.15) is 0 Å². The van der Waals surface area contributed by atoms with Crippen LogP contribution in [0.3, 0.4) is 0 Å². The molecule has 3 atom stereocenters. The Morgan fingerprint density at radius 2 is 1.88 bits per heavy atom. The average Bonchev–Trinajstić information content (AvgIpc) is 2.62. The van der Waals surface area contributed by atoms with Crippen LogP contribution in [0.2, 0.25) is 0 Å². The van der Waals surface area contributed by atoms with Gasteiger partial charge in [-0.15, -0.1) is 0 Å². The van der Waals surface area contributed by atoms with Crippen molar-refractivity contribution < 1.29 is 14.6 Å². The molecule has 0 saturated carbocycles. The Morgan fingerprint density at radius 3 is 2.48 bits per heavy atom. The molecule has 1 aromatic rings. The molecule has 5 aliphatic heterocycles. The molecule has 5 heteroatoms. The SMILES string of the molecule is O=C(O)N1C2CC3(c4ccccc4)CC1CC(C1CCCNC1)(C2)O3. The Labute approximate surface area is 148 Å². The van der Waals surface area contributed by atoms with Crippen LogP contribution in [0.5, 0.6) is 0 Å². The van der Waals surface area contributed by atoms with Crippen LogP contribution < -0.4 is 5.32 Å². The predicted molar refractivity (Wildman–Crippen MR) is 93.4 cm³/mol. The Balaban J connectivity index is 1.56. The summed E-state index contributed by atoms with van der Waals surface area (Å²) in [5.74, 6) is 0.492. The molecule has 5 aliphatic rings. The van der Waals surface area contributed by atoms with Crippen molar-refractivity contribution in [3.05, 3.63) is 35.9 Å². The third kappa shape index (κ3) is 2.25. The summed E-state index contributed by atoms with van der Waals surface area (Å²) in [6, 6.07) is 10.7. The van der Waals surface area contributed by atoms with Crippen molar-refractivity contribution >= 4 is 6.09 Å². The van der Waals surface area contributed by atoms with E-state index in [0.29, 0.717) is 5.92 Å². The van der Waals surface area contributed by atoms with Crippen LogP contribution in [-0.2, 0) is 10.3 Å². The molecule has 6 rings (SSSR count). The molecule has 1 aromatic carbocycles. The summed E-state index contributed by atoms with van der Waals surface area (Å²) in [5.41, 5.74) is 0.750. The number of carboxylic acid groups (broad SMARTS) is 1. The van der Waals surface area contributed by atoms with E-state index in [9.17, 15) is 9.90 Å². The molecule has 3 unspecified atom stereocenters. The molecule has 1 amide bonds. The maximum absolute atomic E-state index is 11.9. The lowest BCUT2D eigenvalue weighted by atomic mass is 9.60. The highest BCUT2D eigenvalue weighted by molar-refractivity contribution is 5.67. The van der Waals surface area contributed by atoms with Gasteiger partial charge in [0.2, 0.25) is 0 Å². The summed E-state index contributed by atoms with van der Waals surface area (Å²) in [7, 11) is 0. The number of nitrogens with zero attached hydrogens (tertiary/aromatic N) is 1. The largest absolute Gasteiger partial charge is 0.465 e. The molecule has 5 heterocycles. The van der Waals surface area contributed by atoms with Crippen LogP contribution in [-0.4, -0.2) is 46.9 Å². The standard InChI is InChI=1S/C20H26N2O3/c23-18(24)22-16-9-19(14-5-2-1-3-6-14)10-17(22)12-20(11-16,25-19)15-7-4-8-21-13-15/h1-3,5-6,15-17,21H,4,7-13H2,(H,23,24). The van der Waals surface area contributed by atoms with E-state index in [1.807, 2.05) is 6.07 Å². The van der Waals surface area contributed by atoms with E-state index in [-0.39, 0.29) is 23.3 Å². The van der Waals surface area contributed by atoms with Crippen molar-refractivity contribution in [2.24, 2.45) is 5.92 Å². The minimum absolute atomic E-state index is 0.0842. The van der Waals surface area contributed by atoms with Gasteiger partial charge >= 0.3 is 6.09 Å². The van der Waals surface area contributed by atoms with Crippen LogP contribution in [0.1, 0.15) is 44.1 Å². The first kappa shape index (κ1) is 15.6. The molecule has 5 fully saturated rings. The van der Waals surface area contributed by atoms with Crippen molar-refractivity contribution in [3.63, 3.8) is 0 Å². The fourth-order valence-electron chi connectivity index (χ4n) is 6.18. The monoisotopic (exact) mass is 342 g/mol. The number of benzene rings is 1. The second kappa shape index (κ2) is 5.45. The molecule has 0 radical (unpaired) electrons. The highest BCUT2D eigenvalue weighted by Crippen LogP contribution is 2.60. The topological polar surface area (TPSA) is 61.8 Å². The number of piperidine rings is 3. The zero-order chi connectivity index (χ0) is 17.1. The van der Waals surface area contributed by atoms with Gasteiger partial charge in [0.05, 0.1) is 11.2 Å². The lowest BCUT2D eigenvalue weighted by Crippen LogP contribution is -2.73. The zero-order valence-electron chi connectivity index (χ0n) is 14.5. The minimum atomic E-state index is -0.756. The first-order valence-corrected chi connectivity index (χ1v) is 9.60. The van der Waals surface area contributed by atoms with E-state index < -0.39 is 6.09 Å². The van der Waals surface area contributed by atoms with Gasteiger partial charge in [-0.05, 0) is 37.8 Å². The van der Waals surface area contributed by atoms with E-state index in [1.165, 1.54) is 18.4 Å². The highest BCUT2D eigenvalue weighted by atomic mass is 16.5. The lowest BCUT2D eigenvalue weighted by molar-refractivity contribution is -0.304. The number of carbonyl (C=O) groups is 1. The molecule has 0 aromatic heterocycles. The third-order valence-corrected chi connectivity index (χ3v) is 7.04. The summed E-state index contributed by atoms with van der Waals surface area (Å²) in [6.45, 7) is 2.09. The maximum Gasteiger partial charge on any atom is 0.407 e. The molecule has 5 saturated heterocycles. The fraction of sp³-hybridized carbons (Fsp3) is 0.650. The first-order valence-electron chi connectivity index (χ1n) is 9.60. The summed E-state index contributed by atoms with van der Waals surface area (Å²) < 4.78 is 6.99. The van der Waals surface area contributed by atoms with E-state index in [4.69, 9.17) is 4.74 Å². The number of hydrogen-bond donors (Lipinski definition) is 2. The minimum Gasteiger partial charge on any atom is -0.465 e. The Morgan fingerprint density at radius 1 is 1.16 bits per heavy atom. The number of amides is 1. The summed E-state index contributed by atoms with van der Waals surface area (Å²) >= 11 is 0. The molecule has 2 N–H and O–H groups in total. The van der Waals surface area contributed by atoms with Gasteiger partial charge < -0.3 is 20.1 Å². The smallest absolute Gasteiger partial charge is 0.407 e. The number of nitrogens with one attached hydrogen (secondary N) is 1. The van der Waals surface area contributed by atoms with Gasteiger partial charge in [-0.25, -0.2) is 4.79 Å². The summed E-state index contributed by atoms with van der Waals surface area (Å²) in [5, 5.41) is 13.3. The van der Waals surface area contributed by atoms with Crippen LogP contribution in [0.15, 0.2) is 30.3 Å². The van der Waals surface area contributed by atoms with Crippen molar-refractivity contribution in [3.8, 4) is 0 Å². The molecule has 5 nitrogen and oxygen atoms in total. The number of hydrogen-bond acceptors (Lipinski definition) is 3. The fourth-order valence-corrected chi connectivity index (χ4v) is 6.18. The van der Waals surface area contributed by atoms with E-state index in [1.54, 1.807) is 4.90 Å². The molecule has 4 bridgehead atoms. The van der Waals surface area contributed by atoms with Gasteiger partial charge in [0.1, 0.15) is 0 Å². The van der Waals surface area contributed by atoms with Gasteiger partial charge in [0, 0.05) is 37.4 Å². The van der Waals surface area contributed by atoms with Crippen LogP contribution in [0.4, 0.5) is 4.79 Å². The van der Waals surface area contributed by atoms with Crippen molar-refractivity contribution in [1.29, 1.82) is 0 Å². The summed E-state index contributed by atoms with van der Waals surface area (Å²) in [4.78, 5) is 13.6. The second-order valence-corrected chi connectivity index (χ2v) is 8.38. The van der Waals surface area contributed by atoms with E-state index >= 15 is 0 Å². The van der Waals surface area contributed by atoms with E-state index in [2.05, 4.69) is 29.6 Å². The van der Waals surface area contributed by atoms with Crippen molar-refractivity contribution in [2.75, 3.05) is 13.1 Å². The van der Waals surface area contributed by atoms with E-state index in [0.717, 1.165) is 38.8 Å². The number of ether oxygens (including phenoxy) is 1. The van der Waals surface area contributed by atoms with Gasteiger partial charge in [-0.1, -0.05) is 30.3 Å². The number of rotatable bonds is 2. The average molecular weight is 342 g/mol. The maximum atomic E-state index is 11.9. The molecule has 0 spiro atoms. The molecular weight excluding hydrogens is 316 g/mol. The van der Waals surface area contributed by atoms with Crippen LogP contribution in [0.25, 0.3) is 0 Å². The normalized spacial score (nSPS) is 42.6. The Hall–Kier alpha value is -1.59. The van der Waals surface area contributed by atoms with Crippen molar-refractivity contribution in [1.82, 2.24) is 10.2 Å². The predicted octanol–water partition coefficient (Wildman–Crippen LogP) is 2.96. The van der Waals surface area contributed by atoms with Crippen LogP contribution in [0, 0.1) is 5.92 Å². The summed E-state index contributed by atoms with van der Waals surface area (Å²) in [6.07, 6.45) is 4.92. The third-order valence-electron chi connectivity index (χ3n) is 7.04. The zero-order valence-corrected chi connectivity index (χ0v) is 14.5. The lowest BCUT2D eigenvalue weighted by Gasteiger charge is -2.67. The molecule has 134 valence electrons. The second-order valence-electron chi connectivity index (χ2n) is 8.38. The highest BCUT2D eigenvalue weighted by Gasteiger charge is 2.65. The molecule has 25 heavy (non-hydrogen) atoms. The van der Waals surface area contributed by atoms with Crippen LogP contribution >= 0.6 is 0 Å². The Bertz CT molecular complexity index is 655.